The Morgan fingerprint density at radius 3 is 2.14 bits per heavy atom. The number of hydrogen-bond donors (Lipinski definition) is 0. The Morgan fingerprint density at radius 1 is 0.811 bits per heavy atom. The summed E-state index contributed by atoms with van der Waals surface area (Å²) in [5.74, 6) is -1.04. The number of hydrogen-bond acceptors (Lipinski definition) is 5. The Labute approximate surface area is 218 Å². The van der Waals surface area contributed by atoms with Crippen molar-refractivity contribution in [3.05, 3.63) is 102 Å². The molecule has 1 saturated heterocycles. The minimum Gasteiger partial charge on any atom is -0.452 e. The molecule has 1 heterocycles. The second kappa shape index (κ2) is 12.7. The Bertz CT molecular complexity index is 1290. The number of ether oxygens (including phenoxy) is 1. The van der Waals surface area contributed by atoms with E-state index < -0.39 is 22.6 Å². The van der Waals surface area contributed by atoms with Crippen LogP contribution < -0.4 is 0 Å². The summed E-state index contributed by atoms with van der Waals surface area (Å²) in [5, 5.41) is 0. The first-order valence-electron chi connectivity index (χ1n) is 12.6. The van der Waals surface area contributed by atoms with Crippen molar-refractivity contribution in [2.75, 3.05) is 26.2 Å². The van der Waals surface area contributed by atoms with Crippen molar-refractivity contribution < 1.29 is 22.7 Å². The van der Waals surface area contributed by atoms with Gasteiger partial charge in [0.15, 0.2) is 6.61 Å². The van der Waals surface area contributed by atoms with Gasteiger partial charge < -0.3 is 9.64 Å². The van der Waals surface area contributed by atoms with Crippen LogP contribution in [0.4, 0.5) is 0 Å². The van der Waals surface area contributed by atoms with Crippen LogP contribution in [0.2, 0.25) is 0 Å². The molecule has 0 saturated carbocycles. The van der Waals surface area contributed by atoms with Crippen LogP contribution in [0.3, 0.4) is 0 Å². The molecule has 0 atom stereocenters. The molecule has 3 aromatic rings. The van der Waals surface area contributed by atoms with E-state index in [1.54, 1.807) is 4.90 Å². The molecule has 0 spiro atoms. The summed E-state index contributed by atoms with van der Waals surface area (Å²) in [4.78, 5) is 27.6. The highest BCUT2D eigenvalue weighted by Gasteiger charge is 2.27. The standard InChI is InChI=1S/C29H32N2O5S/c32-28(30(22-25-13-6-2-7-14-25)20-17-24-11-4-1-5-12-24)23-36-29(33)26-15-10-16-27(21-26)37(34,35)31-18-8-3-9-19-31/h1-2,4-7,10-16,21H,3,8-9,17-20,22-23H2. The van der Waals surface area contributed by atoms with Gasteiger partial charge in [0.25, 0.3) is 5.91 Å². The van der Waals surface area contributed by atoms with Gasteiger partial charge in [-0.05, 0) is 48.6 Å². The highest BCUT2D eigenvalue weighted by Crippen LogP contribution is 2.21. The largest absolute Gasteiger partial charge is 0.452 e. The molecule has 7 nitrogen and oxygen atoms in total. The minimum atomic E-state index is -3.68. The molecular formula is C29H32N2O5S. The summed E-state index contributed by atoms with van der Waals surface area (Å²) in [6.45, 7) is 1.40. The molecule has 3 aromatic carbocycles. The van der Waals surface area contributed by atoms with Crippen molar-refractivity contribution in [3.63, 3.8) is 0 Å². The average molecular weight is 521 g/mol. The maximum Gasteiger partial charge on any atom is 0.338 e. The van der Waals surface area contributed by atoms with Gasteiger partial charge in [0.2, 0.25) is 10.0 Å². The first-order chi connectivity index (χ1) is 17.9. The van der Waals surface area contributed by atoms with E-state index in [4.69, 9.17) is 4.74 Å². The van der Waals surface area contributed by atoms with Crippen molar-refractivity contribution in [2.45, 2.75) is 37.1 Å². The number of sulfonamides is 1. The van der Waals surface area contributed by atoms with Gasteiger partial charge in [-0.3, -0.25) is 4.79 Å². The Balaban J connectivity index is 1.41. The number of rotatable bonds is 10. The molecule has 0 unspecified atom stereocenters. The fourth-order valence-corrected chi connectivity index (χ4v) is 5.91. The monoisotopic (exact) mass is 520 g/mol. The fraction of sp³-hybridized carbons (Fsp3) is 0.310. The summed E-state index contributed by atoms with van der Waals surface area (Å²) >= 11 is 0. The number of carbonyl (C=O) groups excluding carboxylic acids is 2. The Hall–Kier alpha value is -3.49. The minimum absolute atomic E-state index is 0.0590. The van der Waals surface area contributed by atoms with Crippen LogP contribution in [-0.2, 0) is 32.5 Å². The second-order valence-electron chi connectivity index (χ2n) is 9.11. The molecule has 0 N–H and O–H groups in total. The van der Waals surface area contributed by atoms with E-state index in [1.165, 1.54) is 28.6 Å². The van der Waals surface area contributed by atoms with E-state index in [1.807, 2.05) is 60.7 Å². The van der Waals surface area contributed by atoms with Gasteiger partial charge in [0.05, 0.1) is 10.5 Å². The van der Waals surface area contributed by atoms with Gasteiger partial charge in [0, 0.05) is 26.2 Å². The molecule has 1 amide bonds. The Kier molecular flexibility index (Phi) is 9.09. The van der Waals surface area contributed by atoms with Crippen molar-refractivity contribution in [3.8, 4) is 0 Å². The zero-order valence-corrected chi connectivity index (χ0v) is 21.6. The second-order valence-corrected chi connectivity index (χ2v) is 11.0. The Morgan fingerprint density at radius 2 is 1.46 bits per heavy atom. The molecule has 1 fully saturated rings. The third kappa shape index (κ3) is 7.27. The molecule has 1 aliphatic heterocycles. The molecule has 0 bridgehead atoms. The van der Waals surface area contributed by atoms with Crippen LogP contribution in [0.25, 0.3) is 0 Å². The highest BCUT2D eigenvalue weighted by molar-refractivity contribution is 7.89. The smallest absolute Gasteiger partial charge is 0.338 e. The molecule has 4 rings (SSSR count). The summed E-state index contributed by atoms with van der Waals surface area (Å²) in [7, 11) is -3.68. The van der Waals surface area contributed by atoms with Gasteiger partial charge >= 0.3 is 5.97 Å². The lowest BCUT2D eigenvalue weighted by Gasteiger charge is -2.26. The van der Waals surface area contributed by atoms with Gasteiger partial charge in [-0.2, -0.15) is 4.31 Å². The van der Waals surface area contributed by atoms with Crippen LogP contribution in [0, 0.1) is 0 Å². The number of carbonyl (C=O) groups is 2. The number of esters is 1. The molecule has 0 aromatic heterocycles. The van der Waals surface area contributed by atoms with Crippen LogP contribution in [-0.4, -0.2) is 55.7 Å². The van der Waals surface area contributed by atoms with Crippen LogP contribution in [0.1, 0.15) is 40.7 Å². The summed E-state index contributed by atoms with van der Waals surface area (Å²) in [5.41, 5.74) is 2.19. The average Bonchev–Trinajstić information content (AvgIpc) is 2.95. The normalized spacial score (nSPS) is 14.2. The van der Waals surface area contributed by atoms with Crippen molar-refractivity contribution >= 4 is 21.9 Å². The third-order valence-electron chi connectivity index (χ3n) is 6.43. The molecular weight excluding hydrogens is 488 g/mol. The van der Waals surface area contributed by atoms with E-state index in [0.717, 1.165) is 30.4 Å². The first-order valence-corrected chi connectivity index (χ1v) is 14.0. The van der Waals surface area contributed by atoms with Crippen molar-refractivity contribution in [2.24, 2.45) is 0 Å². The van der Waals surface area contributed by atoms with Gasteiger partial charge in [0.1, 0.15) is 0 Å². The van der Waals surface area contributed by atoms with Crippen LogP contribution in [0.15, 0.2) is 89.8 Å². The lowest BCUT2D eigenvalue weighted by atomic mass is 10.1. The molecule has 0 radical (unpaired) electrons. The summed E-state index contributed by atoms with van der Waals surface area (Å²) in [6, 6.07) is 25.4. The SMILES string of the molecule is O=C(OCC(=O)N(CCc1ccccc1)Cc1ccccc1)c1cccc(S(=O)(=O)N2CCCCC2)c1. The molecule has 1 aliphatic rings. The molecule has 37 heavy (non-hydrogen) atoms. The lowest BCUT2D eigenvalue weighted by Crippen LogP contribution is -2.36. The van der Waals surface area contributed by atoms with Gasteiger partial charge in [-0.15, -0.1) is 0 Å². The zero-order valence-electron chi connectivity index (χ0n) is 20.8. The number of benzene rings is 3. The highest BCUT2D eigenvalue weighted by atomic mass is 32.2. The maximum atomic E-state index is 13.1. The maximum absolute atomic E-state index is 13.1. The van der Waals surface area contributed by atoms with Gasteiger partial charge in [-0.25, -0.2) is 13.2 Å². The lowest BCUT2D eigenvalue weighted by molar-refractivity contribution is -0.135. The van der Waals surface area contributed by atoms with E-state index in [9.17, 15) is 18.0 Å². The number of nitrogens with zero attached hydrogens (tertiary/aromatic N) is 2. The predicted octanol–water partition coefficient (Wildman–Crippen LogP) is 4.29. The fourth-order valence-electron chi connectivity index (χ4n) is 4.34. The van der Waals surface area contributed by atoms with E-state index in [-0.39, 0.29) is 16.4 Å². The molecule has 8 heteroatoms. The van der Waals surface area contributed by atoms with Crippen molar-refractivity contribution in [1.29, 1.82) is 0 Å². The van der Waals surface area contributed by atoms with Crippen LogP contribution in [0.5, 0.6) is 0 Å². The molecule has 0 aliphatic carbocycles. The number of amides is 1. The van der Waals surface area contributed by atoms with Crippen molar-refractivity contribution in [1.82, 2.24) is 9.21 Å². The zero-order chi connectivity index (χ0) is 26.1. The summed E-state index contributed by atoms with van der Waals surface area (Å²) in [6.07, 6.45) is 3.34. The first kappa shape index (κ1) is 26.6. The van der Waals surface area contributed by atoms with E-state index in [0.29, 0.717) is 32.6 Å². The summed E-state index contributed by atoms with van der Waals surface area (Å²) < 4.78 is 32.8. The third-order valence-corrected chi connectivity index (χ3v) is 8.33. The van der Waals surface area contributed by atoms with E-state index >= 15 is 0 Å². The predicted molar refractivity (Wildman–Crippen MR) is 141 cm³/mol. The van der Waals surface area contributed by atoms with E-state index in [2.05, 4.69) is 0 Å². The quantitative estimate of drug-likeness (QED) is 0.373. The van der Waals surface area contributed by atoms with Crippen LogP contribution >= 0.6 is 0 Å². The van der Waals surface area contributed by atoms with Gasteiger partial charge in [-0.1, -0.05) is 73.2 Å². The number of piperidine rings is 1. The topological polar surface area (TPSA) is 84.0 Å². The molecule has 194 valence electrons.